The minimum atomic E-state index is -0.226. The highest BCUT2D eigenvalue weighted by molar-refractivity contribution is 7.27. The molecule has 6 nitrogen and oxygen atoms in total. The van der Waals surface area contributed by atoms with Gasteiger partial charge in [0.1, 0.15) is 34.5 Å². The molecule has 1 unspecified atom stereocenters. The van der Waals surface area contributed by atoms with Gasteiger partial charge < -0.3 is 30.0 Å². The Balaban J connectivity index is 1.24. The predicted octanol–water partition coefficient (Wildman–Crippen LogP) is 9.74. The van der Waals surface area contributed by atoms with E-state index in [1.165, 1.54) is 0 Å². The summed E-state index contributed by atoms with van der Waals surface area (Å²) in [6.07, 6.45) is 0. The number of hydrogen-bond acceptors (Lipinski definition) is 6. The van der Waals surface area contributed by atoms with E-state index in [9.17, 15) is 0 Å². The molecule has 0 aliphatic carbocycles. The molecule has 43 heavy (non-hydrogen) atoms. The maximum Gasteiger partial charge on any atom is 0.275 e. The highest BCUT2D eigenvalue weighted by atomic mass is 31.1. The van der Waals surface area contributed by atoms with Crippen molar-refractivity contribution in [3.8, 4) is 56.8 Å². The zero-order chi connectivity index (χ0) is 29.4. The highest BCUT2D eigenvalue weighted by Gasteiger charge is 2.12. The Bertz CT molecular complexity index is 1810. The summed E-state index contributed by atoms with van der Waals surface area (Å²) in [7, 11) is -0.226. The highest BCUT2D eigenvalue weighted by Crippen LogP contribution is 2.39. The van der Waals surface area contributed by atoms with Crippen LogP contribution >= 0.6 is 9.03 Å². The fourth-order valence-corrected chi connectivity index (χ4v) is 5.01. The van der Waals surface area contributed by atoms with Crippen LogP contribution in [0.2, 0.25) is 0 Å². The van der Waals surface area contributed by atoms with Crippen molar-refractivity contribution < 1.29 is 18.5 Å². The lowest BCUT2D eigenvalue weighted by Crippen LogP contribution is -1.91. The molecule has 0 saturated carbocycles. The number of hydrogen-bond donors (Lipinski definition) is 2. The van der Waals surface area contributed by atoms with Crippen molar-refractivity contribution in [3.05, 3.63) is 146 Å². The van der Waals surface area contributed by atoms with Crippen LogP contribution in [0, 0.1) is 0 Å². The molecule has 0 saturated heterocycles. The summed E-state index contributed by atoms with van der Waals surface area (Å²) in [4.78, 5) is 0. The molecule has 0 bridgehead atoms. The van der Waals surface area contributed by atoms with Gasteiger partial charge in [0.15, 0.2) is 0 Å². The van der Waals surface area contributed by atoms with E-state index >= 15 is 0 Å². The minimum Gasteiger partial charge on any atom is -0.457 e. The van der Waals surface area contributed by atoms with E-state index in [0.717, 1.165) is 33.8 Å². The number of para-hydroxylation sites is 1. The van der Waals surface area contributed by atoms with Crippen molar-refractivity contribution in [1.29, 1.82) is 0 Å². The van der Waals surface area contributed by atoms with E-state index in [0.29, 0.717) is 34.4 Å². The molecule has 6 aromatic carbocycles. The number of ether oxygens (including phenoxy) is 2. The van der Waals surface area contributed by atoms with Gasteiger partial charge in [0.05, 0.1) is 0 Å². The van der Waals surface area contributed by atoms with Crippen LogP contribution in [-0.2, 0) is 0 Å². The summed E-state index contributed by atoms with van der Waals surface area (Å²) in [6, 6.07) is 46.3. The van der Waals surface area contributed by atoms with Gasteiger partial charge in [-0.25, -0.2) is 0 Å². The first-order valence-corrected chi connectivity index (χ1v) is 14.5. The summed E-state index contributed by atoms with van der Waals surface area (Å²) in [5.41, 5.74) is 17.0. The largest absolute Gasteiger partial charge is 0.457 e. The van der Waals surface area contributed by atoms with Crippen molar-refractivity contribution in [2.24, 2.45) is 0 Å². The van der Waals surface area contributed by atoms with Crippen LogP contribution in [0.1, 0.15) is 0 Å². The Hall–Kier alpha value is -5.45. The lowest BCUT2D eigenvalue weighted by molar-refractivity contribution is 0.483. The Morgan fingerprint density at radius 1 is 0.395 bits per heavy atom. The Kier molecular flexibility index (Phi) is 8.39. The standard InChI is InChI=1S/C36H29N2O4P/c37-28-6-4-10-33(23-28)39-30-17-12-25(13-18-30)27-16-21-35(36(22-27)42-43-41-32-8-2-1-3-9-32)26-14-19-31(20-15-26)40-34-11-5-7-29(38)24-34/h1-24,43H,37-38H2. The van der Waals surface area contributed by atoms with E-state index in [1.807, 2.05) is 121 Å². The van der Waals surface area contributed by atoms with Gasteiger partial charge in [-0.2, -0.15) is 0 Å². The van der Waals surface area contributed by atoms with Crippen molar-refractivity contribution in [3.63, 3.8) is 0 Å². The second-order valence-electron chi connectivity index (χ2n) is 9.71. The van der Waals surface area contributed by atoms with Crippen molar-refractivity contribution in [1.82, 2.24) is 0 Å². The first kappa shape index (κ1) is 27.7. The van der Waals surface area contributed by atoms with Crippen molar-refractivity contribution in [2.45, 2.75) is 0 Å². The molecule has 0 spiro atoms. The average Bonchev–Trinajstić information content (AvgIpc) is 3.02. The summed E-state index contributed by atoms with van der Waals surface area (Å²) in [5.74, 6) is 4.26. The molecule has 4 N–H and O–H groups in total. The summed E-state index contributed by atoms with van der Waals surface area (Å²) >= 11 is 0. The molecule has 6 rings (SSSR count). The zero-order valence-electron chi connectivity index (χ0n) is 23.1. The van der Waals surface area contributed by atoms with Gasteiger partial charge in [-0.1, -0.05) is 66.7 Å². The van der Waals surface area contributed by atoms with Crippen LogP contribution in [0.3, 0.4) is 0 Å². The number of nitrogens with two attached hydrogens (primary N) is 2. The molecule has 0 fully saturated rings. The van der Waals surface area contributed by atoms with Crippen molar-refractivity contribution >= 4 is 20.4 Å². The maximum absolute atomic E-state index is 6.23. The quantitative estimate of drug-likeness (QED) is 0.123. The van der Waals surface area contributed by atoms with Gasteiger partial charge in [0.2, 0.25) is 0 Å². The monoisotopic (exact) mass is 584 g/mol. The summed E-state index contributed by atoms with van der Waals surface area (Å²) in [5, 5.41) is 0. The molecule has 0 amide bonds. The van der Waals surface area contributed by atoms with Gasteiger partial charge in [-0.15, -0.1) is 0 Å². The molecule has 0 aliphatic rings. The Morgan fingerprint density at radius 2 is 0.930 bits per heavy atom. The molecular weight excluding hydrogens is 555 g/mol. The van der Waals surface area contributed by atoms with Gasteiger partial charge in [0, 0.05) is 29.1 Å². The van der Waals surface area contributed by atoms with Crippen LogP contribution in [-0.4, -0.2) is 0 Å². The molecule has 0 aliphatic heterocycles. The second-order valence-corrected chi connectivity index (χ2v) is 10.3. The zero-order valence-corrected chi connectivity index (χ0v) is 24.1. The average molecular weight is 585 g/mol. The molecule has 212 valence electrons. The number of anilines is 2. The number of rotatable bonds is 10. The third-order valence-electron chi connectivity index (χ3n) is 6.58. The Labute approximate surface area is 252 Å². The number of benzene rings is 6. The first-order valence-electron chi connectivity index (χ1n) is 13.6. The van der Waals surface area contributed by atoms with E-state index in [1.54, 1.807) is 12.1 Å². The molecular formula is C36H29N2O4P. The summed E-state index contributed by atoms with van der Waals surface area (Å²) < 4.78 is 24.0. The minimum absolute atomic E-state index is 0.226. The lowest BCUT2D eigenvalue weighted by Gasteiger charge is -2.15. The maximum atomic E-state index is 6.23. The molecule has 7 heteroatoms. The summed E-state index contributed by atoms with van der Waals surface area (Å²) in [6.45, 7) is 0. The fraction of sp³-hybridized carbons (Fsp3) is 0. The van der Waals surface area contributed by atoms with Gasteiger partial charge >= 0.3 is 0 Å². The predicted molar refractivity (Wildman–Crippen MR) is 175 cm³/mol. The normalized spacial score (nSPS) is 10.9. The van der Waals surface area contributed by atoms with Gasteiger partial charge in [0.25, 0.3) is 9.03 Å². The van der Waals surface area contributed by atoms with Crippen LogP contribution in [0.5, 0.6) is 34.5 Å². The van der Waals surface area contributed by atoms with Crippen LogP contribution < -0.4 is 30.0 Å². The smallest absolute Gasteiger partial charge is 0.275 e. The van der Waals surface area contributed by atoms with E-state index < -0.39 is 0 Å². The molecule has 1 atom stereocenters. The lowest BCUT2D eigenvalue weighted by atomic mass is 9.99. The van der Waals surface area contributed by atoms with Crippen LogP contribution in [0.4, 0.5) is 11.4 Å². The molecule has 0 aromatic heterocycles. The third-order valence-corrected chi connectivity index (χ3v) is 7.20. The van der Waals surface area contributed by atoms with Gasteiger partial charge in [-0.3, -0.25) is 0 Å². The number of nitrogen functional groups attached to an aromatic ring is 2. The molecule has 0 heterocycles. The fourth-order valence-electron chi connectivity index (χ4n) is 4.47. The first-order chi connectivity index (χ1) is 21.1. The van der Waals surface area contributed by atoms with Crippen LogP contribution in [0.25, 0.3) is 22.3 Å². The second kappa shape index (κ2) is 13.0. The van der Waals surface area contributed by atoms with E-state index in [-0.39, 0.29) is 9.03 Å². The Morgan fingerprint density at radius 3 is 1.51 bits per heavy atom. The third kappa shape index (κ3) is 7.25. The van der Waals surface area contributed by atoms with Gasteiger partial charge in [-0.05, 0) is 83.4 Å². The molecule has 0 radical (unpaired) electrons. The molecule has 6 aromatic rings. The van der Waals surface area contributed by atoms with E-state index in [2.05, 4.69) is 12.1 Å². The van der Waals surface area contributed by atoms with Crippen molar-refractivity contribution in [2.75, 3.05) is 11.5 Å². The SMILES string of the molecule is Nc1cccc(Oc2ccc(-c3ccc(-c4ccc(Oc5cccc(N)c5)cc4)c(OPOc4ccccc4)c3)cc2)c1. The van der Waals surface area contributed by atoms with E-state index in [4.69, 9.17) is 30.0 Å². The topological polar surface area (TPSA) is 89.0 Å². The van der Waals surface area contributed by atoms with Crippen LogP contribution in [0.15, 0.2) is 146 Å².